The molecule has 0 aromatic carbocycles. The van der Waals surface area contributed by atoms with Gasteiger partial charge in [-0.1, -0.05) is 0 Å². The van der Waals surface area contributed by atoms with Crippen LogP contribution in [0.15, 0.2) is 0 Å². The summed E-state index contributed by atoms with van der Waals surface area (Å²) in [7, 11) is 0. The predicted molar refractivity (Wildman–Crippen MR) is 49.9 cm³/mol. The molecule has 12 heavy (non-hydrogen) atoms. The molecule has 0 saturated heterocycles. The number of hydrogen-bond donors (Lipinski definition) is 3. The molecule has 0 aliphatic carbocycles. The molecule has 0 atom stereocenters. The first-order chi connectivity index (χ1) is 5.52. The van der Waals surface area contributed by atoms with E-state index in [0.29, 0.717) is 12.7 Å². The fourth-order valence-corrected chi connectivity index (χ4v) is 0.649. The standard InChI is InChI=1S/C8H19N3O/c1-6(2)9-5-10-8(12)11-7(3)4/h6-7,9H,5H2,1-4H3,(H2,10,11,12). The molecule has 3 N–H and O–H groups in total. The summed E-state index contributed by atoms with van der Waals surface area (Å²) < 4.78 is 0. The van der Waals surface area contributed by atoms with Gasteiger partial charge in [0, 0.05) is 12.1 Å². The van der Waals surface area contributed by atoms with Gasteiger partial charge < -0.3 is 10.6 Å². The van der Waals surface area contributed by atoms with E-state index in [9.17, 15) is 4.79 Å². The number of carbonyl (C=O) groups excluding carboxylic acids is 1. The molecule has 0 heterocycles. The SMILES string of the molecule is CC(C)NCNC(=O)NC(C)C. The van der Waals surface area contributed by atoms with Crippen LogP contribution in [0.5, 0.6) is 0 Å². The maximum absolute atomic E-state index is 11.0. The molecule has 4 heteroatoms. The van der Waals surface area contributed by atoms with Crippen LogP contribution in [0.4, 0.5) is 4.79 Å². The van der Waals surface area contributed by atoms with Crippen LogP contribution in [0, 0.1) is 0 Å². The van der Waals surface area contributed by atoms with E-state index in [-0.39, 0.29) is 12.1 Å². The Morgan fingerprint density at radius 2 is 1.75 bits per heavy atom. The average Bonchev–Trinajstić information content (AvgIpc) is 1.84. The van der Waals surface area contributed by atoms with Crippen LogP contribution >= 0.6 is 0 Å². The lowest BCUT2D eigenvalue weighted by Gasteiger charge is -2.12. The van der Waals surface area contributed by atoms with E-state index in [1.54, 1.807) is 0 Å². The predicted octanol–water partition coefficient (Wildman–Crippen LogP) is 0.649. The summed E-state index contributed by atoms with van der Waals surface area (Å²) in [4.78, 5) is 11.0. The molecule has 0 radical (unpaired) electrons. The number of urea groups is 1. The van der Waals surface area contributed by atoms with Crippen molar-refractivity contribution in [3.05, 3.63) is 0 Å². The Morgan fingerprint density at radius 1 is 1.17 bits per heavy atom. The minimum Gasteiger partial charge on any atom is -0.336 e. The van der Waals surface area contributed by atoms with Gasteiger partial charge in [-0.15, -0.1) is 0 Å². The molecule has 0 rings (SSSR count). The molecule has 0 aromatic heterocycles. The Morgan fingerprint density at radius 3 is 2.17 bits per heavy atom. The Labute approximate surface area is 74.1 Å². The van der Waals surface area contributed by atoms with E-state index < -0.39 is 0 Å². The highest BCUT2D eigenvalue weighted by atomic mass is 16.2. The van der Waals surface area contributed by atoms with Gasteiger partial charge in [0.25, 0.3) is 0 Å². The highest BCUT2D eigenvalue weighted by molar-refractivity contribution is 5.73. The molecule has 0 spiro atoms. The maximum Gasteiger partial charge on any atom is 0.315 e. The van der Waals surface area contributed by atoms with Crippen LogP contribution in [0.1, 0.15) is 27.7 Å². The summed E-state index contributed by atoms with van der Waals surface area (Å²) in [6.45, 7) is 8.42. The van der Waals surface area contributed by atoms with Gasteiger partial charge >= 0.3 is 6.03 Å². The molecule has 0 aliphatic rings. The van der Waals surface area contributed by atoms with Crippen LogP contribution < -0.4 is 16.0 Å². The zero-order valence-electron chi connectivity index (χ0n) is 8.27. The van der Waals surface area contributed by atoms with Gasteiger partial charge in [-0.05, 0) is 27.7 Å². The lowest BCUT2D eigenvalue weighted by molar-refractivity contribution is 0.237. The molecule has 4 nitrogen and oxygen atoms in total. The lowest BCUT2D eigenvalue weighted by Crippen LogP contribution is -2.44. The summed E-state index contributed by atoms with van der Waals surface area (Å²) in [6, 6.07) is 0.451. The lowest BCUT2D eigenvalue weighted by atomic mass is 10.4. The molecule has 0 saturated carbocycles. The second-order valence-corrected chi connectivity index (χ2v) is 3.34. The molecule has 0 bridgehead atoms. The average molecular weight is 173 g/mol. The van der Waals surface area contributed by atoms with Gasteiger partial charge in [0.15, 0.2) is 0 Å². The molecular weight excluding hydrogens is 154 g/mol. The quantitative estimate of drug-likeness (QED) is 0.547. The molecule has 0 aliphatic heterocycles. The van der Waals surface area contributed by atoms with Crippen molar-refractivity contribution < 1.29 is 4.79 Å². The monoisotopic (exact) mass is 173 g/mol. The Hall–Kier alpha value is -0.770. The first-order valence-corrected chi connectivity index (χ1v) is 4.30. The normalized spacial score (nSPS) is 10.5. The molecule has 2 amide bonds. The van der Waals surface area contributed by atoms with Crippen LogP contribution in [0.2, 0.25) is 0 Å². The van der Waals surface area contributed by atoms with Crippen molar-refractivity contribution in [2.75, 3.05) is 6.67 Å². The Kier molecular flexibility index (Phi) is 5.45. The van der Waals surface area contributed by atoms with E-state index in [2.05, 4.69) is 16.0 Å². The smallest absolute Gasteiger partial charge is 0.315 e. The fraction of sp³-hybridized carbons (Fsp3) is 0.875. The van der Waals surface area contributed by atoms with Crippen molar-refractivity contribution >= 4 is 6.03 Å². The van der Waals surface area contributed by atoms with Crippen LogP contribution in [-0.4, -0.2) is 24.8 Å². The molecule has 72 valence electrons. The third-order valence-corrected chi connectivity index (χ3v) is 1.18. The van der Waals surface area contributed by atoms with Gasteiger partial charge in [-0.3, -0.25) is 5.32 Å². The fourth-order valence-electron chi connectivity index (χ4n) is 0.649. The number of hydrogen-bond acceptors (Lipinski definition) is 2. The van der Waals surface area contributed by atoms with Gasteiger partial charge in [0.2, 0.25) is 0 Å². The summed E-state index contributed by atoms with van der Waals surface area (Å²) >= 11 is 0. The summed E-state index contributed by atoms with van der Waals surface area (Å²) in [5, 5.41) is 8.49. The second kappa shape index (κ2) is 5.83. The highest BCUT2D eigenvalue weighted by Gasteiger charge is 2.00. The summed E-state index contributed by atoms with van der Waals surface area (Å²) in [6.07, 6.45) is 0. The Balaban J connectivity index is 3.32. The number of nitrogens with one attached hydrogen (secondary N) is 3. The number of carbonyl (C=O) groups is 1. The van der Waals surface area contributed by atoms with Crippen LogP contribution in [-0.2, 0) is 0 Å². The van der Waals surface area contributed by atoms with Crippen molar-refractivity contribution in [1.82, 2.24) is 16.0 Å². The van der Waals surface area contributed by atoms with Crippen molar-refractivity contribution in [1.29, 1.82) is 0 Å². The van der Waals surface area contributed by atoms with E-state index in [1.165, 1.54) is 0 Å². The molecular formula is C8H19N3O. The van der Waals surface area contributed by atoms with Crippen molar-refractivity contribution in [2.24, 2.45) is 0 Å². The minimum atomic E-state index is -0.127. The topological polar surface area (TPSA) is 53.2 Å². The van der Waals surface area contributed by atoms with Crippen molar-refractivity contribution in [2.45, 2.75) is 39.8 Å². The molecule has 0 aromatic rings. The van der Waals surface area contributed by atoms with Gasteiger partial charge in [0.05, 0.1) is 6.67 Å². The zero-order chi connectivity index (χ0) is 9.56. The third-order valence-electron chi connectivity index (χ3n) is 1.18. The van der Waals surface area contributed by atoms with Crippen molar-refractivity contribution in [3.63, 3.8) is 0 Å². The van der Waals surface area contributed by atoms with Crippen molar-refractivity contribution in [3.8, 4) is 0 Å². The minimum absolute atomic E-state index is 0.127. The third kappa shape index (κ3) is 7.34. The van der Waals surface area contributed by atoms with Gasteiger partial charge in [0.1, 0.15) is 0 Å². The first-order valence-electron chi connectivity index (χ1n) is 4.30. The van der Waals surface area contributed by atoms with E-state index in [4.69, 9.17) is 0 Å². The van der Waals surface area contributed by atoms with E-state index in [1.807, 2.05) is 27.7 Å². The van der Waals surface area contributed by atoms with Crippen LogP contribution in [0.25, 0.3) is 0 Å². The van der Waals surface area contributed by atoms with Gasteiger partial charge in [-0.25, -0.2) is 4.79 Å². The first kappa shape index (κ1) is 11.2. The van der Waals surface area contributed by atoms with Crippen LogP contribution in [0.3, 0.4) is 0 Å². The summed E-state index contributed by atoms with van der Waals surface area (Å²) in [5.41, 5.74) is 0. The number of amides is 2. The van der Waals surface area contributed by atoms with E-state index >= 15 is 0 Å². The second-order valence-electron chi connectivity index (χ2n) is 3.34. The highest BCUT2D eigenvalue weighted by Crippen LogP contribution is 1.76. The summed E-state index contributed by atoms with van der Waals surface area (Å²) in [5.74, 6) is 0. The number of rotatable bonds is 4. The molecule has 0 fully saturated rings. The maximum atomic E-state index is 11.0. The Bertz CT molecular complexity index is 134. The van der Waals surface area contributed by atoms with E-state index in [0.717, 1.165) is 0 Å². The largest absolute Gasteiger partial charge is 0.336 e. The van der Waals surface area contributed by atoms with Gasteiger partial charge in [-0.2, -0.15) is 0 Å². The zero-order valence-corrected chi connectivity index (χ0v) is 8.27. The molecule has 0 unspecified atom stereocenters.